The first-order valence-corrected chi connectivity index (χ1v) is 6.52. The molecule has 0 saturated carbocycles. The average molecular weight is 446 g/mol. The minimum Gasteiger partial charge on any atom is -0.170 e. The number of benzene rings is 1. The standard InChI is InChI=1S/C13H5F15/c14-9(15,16)6-1-5(2-7(3-6)10(17,18)19)4-8(11(20,21)22,12(23,24)25)13(26,27)28/h1-3H,4H2. The van der Waals surface area contributed by atoms with Gasteiger partial charge in [-0.15, -0.1) is 0 Å². The molecule has 1 rings (SSSR count). The molecule has 162 valence electrons. The second-order valence-electron chi connectivity index (χ2n) is 5.49. The normalized spacial score (nSPS) is 15.1. The largest absolute Gasteiger partial charge is 0.416 e. The van der Waals surface area contributed by atoms with Crippen molar-refractivity contribution in [3.63, 3.8) is 0 Å². The molecule has 15 heteroatoms. The van der Waals surface area contributed by atoms with E-state index in [0.29, 0.717) is 0 Å². The third kappa shape index (κ3) is 4.42. The number of alkyl halides is 15. The zero-order chi connectivity index (χ0) is 22.6. The summed E-state index contributed by atoms with van der Waals surface area (Å²) in [5, 5.41) is 0. The predicted octanol–water partition coefficient (Wildman–Crippen LogP) is 6.94. The summed E-state index contributed by atoms with van der Waals surface area (Å²) >= 11 is 0. The van der Waals surface area contributed by atoms with Crippen LogP contribution in [0.25, 0.3) is 0 Å². The van der Waals surface area contributed by atoms with Crippen molar-refractivity contribution in [1.82, 2.24) is 0 Å². The Labute approximate surface area is 144 Å². The summed E-state index contributed by atoms with van der Waals surface area (Å²) in [7, 11) is 0. The minimum absolute atomic E-state index is 0.632. The van der Waals surface area contributed by atoms with E-state index in [1.807, 2.05) is 0 Å². The summed E-state index contributed by atoms with van der Waals surface area (Å²) in [5.41, 5.74) is -13.4. The van der Waals surface area contributed by atoms with Crippen LogP contribution in [0.3, 0.4) is 0 Å². The molecule has 0 amide bonds. The van der Waals surface area contributed by atoms with Crippen LogP contribution >= 0.6 is 0 Å². The molecule has 0 N–H and O–H groups in total. The van der Waals surface area contributed by atoms with Gasteiger partial charge in [0.05, 0.1) is 11.1 Å². The van der Waals surface area contributed by atoms with Gasteiger partial charge in [0.1, 0.15) is 0 Å². The van der Waals surface area contributed by atoms with Gasteiger partial charge in [0, 0.05) is 6.42 Å². The summed E-state index contributed by atoms with van der Waals surface area (Å²) in [6.07, 6.45) is -36.0. The molecule has 0 aliphatic carbocycles. The Balaban J connectivity index is 3.82. The third-order valence-corrected chi connectivity index (χ3v) is 3.57. The van der Waals surface area contributed by atoms with Crippen LogP contribution in [0, 0.1) is 5.41 Å². The molecule has 0 radical (unpaired) electrons. The highest BCUT2D eigenvalue weighted by molar-refractivity contribution is 5.35. The van der Waals surface area contributed by atoms with Crippen LogP contribution < -0.4 is 0 Å². The lowest BCUT2D eigenvalue weighted by atomic mass is 9.78. The first-order valence-electron chi connectivity index (χ1n) is 6.52. The number of halogens is 15. The lowest BCUT2D eigenvalue weighted by Crippen LogP contribution is -2.60. The zero-order valence-corrected chi connectivity index (χ0v) is 12.6. The Morgan fingerprint density at radius 2 is 0.750 bits per heavy atom. The highest BCUT2D eigenvalue weighted by Crippen LogP contribution is 2.61. The molecule has 1 aromatic rings. The fourth-order valence-corrected chi connectivity index (χ4v) is 2.21. The molecule has 0 saturated heterocycles. The van der Waals surface area contributed by atoms with Gasteiger partial charge in [-0.25, -0.2) is 0 Å². The lowest BCUT2D eigenvalue weighted by Gasteiger charge is -2.38. The monoisotopic (exact) mass is 446 g/mol. The van der Waals surface area contributed by atoms with Gasteiger partial charge in [-0.05, 0) is 23.8 Å². The van der Waals surface area contributed by atoms with E-state index in [1.165, 1.54) is 0 Å². The molecule has 0 fully saturated rings. The molecule has 1 aromatic carbocycles. The van der Waals surface area contributed by atoms with Gasteiger partial charge in [0.2, 0.25) is 0 Å². The molecule has 0 bridgehead atoms. The maximum Gasteiger partial charge on any atom is 0.416 e. The number of rotatable bonds is 2. The molecule has 0 aliphatic rings. The second kappa shape index (κ2) is 6.61. The van der Waals surface area contributed by atoms with Crippen molar-refractivity contribution < 1.29 is 65.9 Å². The Bertz CT molecular complexity index is 627. The van der Waals surface area contributed by atoms with Crippen molar-refractivity contribution in [1.29, 1.82) is 0 Å². The molecule has 0 aliphatic heterocycles. The van der Waals surface area contributed by atoms with Gasteiger partial charge < -0.3 is 0 Å². The topological polar surface area (TPSA) is 0 Å². The van der Waals surface area contributed by atoms with E-state index < -0.39 is 77.6 Å². The summed E-state index contributed by atoms with van der Waals surface area (Å²) < 4.78 is 191. The van der Waals surface area contributed by atoms with Crippen LogP contribution in [0.15, 0.2) is 18.2 Å². The van der Waals surface area contributed by atoms with Crippen molar-refractivity contribution in [2.45, 2.75) is 37.3 Å². The van der Waals surface area contributed by atoms with Gasteiger partial charge >= 0.3 is 30.9 Å². The van der Waals surface area contributed by atoms with E-state index in [2.05, 4.69) is 0 Å². The van der Waals surface area contributed by atoms with Gasteiger partial charge in [0.15, 0.2) is 0 Å². The quantitative estimate of drug-likeness (QED) is 0.432. The van der Waals surface area contributed by atoms with E-state index in [1.54, 1.807) is 0 Å². The highest BCUT2D eigenvalue weighted by Gasteiger charge is 2.83. The summed E-state index contributed by atoms with van der Waals surface area (Å²) in [6.45, 7) is 0. The maximum absolute atomic E-state index is 12.8. The second-order valence-corrected chi connectivity index (χ2v) is 5.49. The van der Waals surface area contributed by atoms with E-state index in [4.69, 9.17) is 0 Å². The summed E-state index contributed by atoms with van der Waals surface area (Å²) in [4.78, 5) is 0. The maximum atomic E-state index is 12.8. The Kier molecular flexibility index (Phi) is 5.71. The molecule has 28 heavy (non-hydrogen) atoms. The lowest BCUT2D eigenvalue weighted by molar-refractivity contribution is -0.426. The van der Waals surface area contributed by atoms with Crippen molar-refractivity contribution in [2.75, 3.05) is 0 Å². The zero-order valence-electron chi connectivity index (χ0n) is 12.6. The van der Waals surface area contributed by atoms with Crippen molar-refractivity contribution in [2.24, 2.45) is 5.41 Å². The van der Waals surface area contributed by atoms with Gasteiger partial charge in [-0.1, -0.05) is 0 Å². The Morgan fingerprint density at radius 3 is 0.964 bits per heavy atom. The Hall–Kier alpha value is -1.83. The van der Waals surface area contributed by atoms with Crippen LogP contribution in [0.1, 0.15) is 16.7 Å². The minimum atomic E-state index is -7.13. The first kappa shape index (κ1) is 24.2. The van der Waals surface area contributed by atoms with Gasteiger partial charge in [0.25, 0.3) is 5.41 Å². The van der Waals surface area contributed by atoms with Gasteiger partial charge in [-0.2, -0.15) is 65.9 Å². The number of hydrogen-bond donors (Lipinski definition) is 0. The van der Waals surface area contributed by atoms with Crippen molar-refractivity contribution in [3.8, 4) is 0 Å². The smallest absolute Gasteiger partial charge is 0.170 e. The van der Waals surface area contributed by atoms with Crippen LogP contribution in [-0.2, 0) is 18.8 Å². The molecular weight excluding hydrogens is 441 g/mol. The van der Waals surface area contributed by atoms with E-state index in [-0.39, 0.29) is 0 Å². The first-order chi connectivity index (χ1) is 12.0. The van der Waals surface area contributed by atoms with E-state index in [0.717, 1.165) is 0 Å². The van der Waals surface area contributed by atoms with Crippen molar-refractivity contribution in [3.05, 3.63) is 34.9 Å². The van der Waals surface area contributed by atoms with Crippen LogP contribution in [0.4, 0.5) is 65.9 Å². The average Bonchev–Trinajstić information content (AvgIpc) is 2.38. The molecule has 0 unspecified atom stereocenters. The summed E-state index contributed by atoms with van der Waals surface area (Å²) in [5.74, 6) is 0. The molecule has 0 spiro atoms. The van der Waals surface area contributed by atoms with Crippen LogP contribution in [0.5, 0.6) is 0 Å². The number of hydrogen-bond acceptors (Lipinski definition) is 0. The third-order valence-electron chi connectivity index (χ3n) is 3.57. The summed E-state index contributed by atoms with van der Waals surface area (Å²) in [6, 6.07) is -1.92. The van der Waals surface area contributed by atoms with Crippen LogP contribution in [-0.4, -0.2) is 18.5 Å². The molecule has 0 heterocycles. The highest BCUT2D eigenvalue weighted by atomic mass is 19.4. The van der Waals surface area contributed by atoms with E-state index >= 15 is 0 Å². The SMILES string of the molecule is FC(F)(F)c1cc(CC(C(F)(F)F)(C(F)(F)F)C(F)(F)F)cc(C(F)(F)F)c1. The van der Waals surface area contributed by atoms with E-state index in [9.17, 15) is 65.9 Å². The molecule has 0 nitrogen and oxygen atoms in total. The fourth-order valence-electron chi connectivity index (χ4n) is 2.21. The molecule has 0 atom stereocenters. The van der Waals surface area contributed by atoms with Crippen molar-refractivity contribution >= 4 is 0 Å². The molecule has 0 aromatic heterocycles. The Morgan fingerprint density at radius 1 is 0.464 bits per heavy atom. The van der Waals surface area contributed by atoms with Gasteiger partial charge in [-0.3, -0.25) is 0 Å². The molecular formula is C13H5F15. The predicted molar refractivity (Wildman–Crippen MR) is 60.7 cm³/mol. The van der Waals surface area contributed by atoms with Crippen LogP contribution in [0.2, 0.25) is 0 Å². The fraction of sp³-hybridized carbons (Fsp3) is 0.538.